The molecule has 0 fully saturated rings. The second-order valence-electron chi connectivity index (χ2n) is 6.55. The van der Waals surface area contributed by atoms with Gasteiger partial charge in [-0.1, -0.05) is 60.1 Å². The molecule has 3 rings (SSSR count). The van der Waals surface area contributed by atoms with E-state index in [-0.39, 0.29) is 18.9 Å². The molecule has 1 heterocycles. The second kappa shape index (κ2) is 9.42. The van der Waals surface area contributed by atoms with Crippen LogP contribution in [0, 0.1) is 0 Å². The number of aliphatic hydroxyl groups is 1. The predicted molar refractivity (Wildman–Crippen MR) is 106 cm³/mol. The van der Waals surface area contributed by atoms with Crippen LogP contribution < -0.4 is 5.56 Å². The molecular weight excluding hydrogens is 421 g/mol. The normalized spacial score (nSPS) is 12.7. The number of hydrogen-bond donors (Lipinski definition) is 1. The largest absolute Gasteiger partial charge is 0.421 e. The Morgan fingerprint density at radius 1 is 1.10 bits per heavy atom. The van der Waals surface area contributed by atoms with Gasteiger partial charge in [0.05, 0.1) is 31.6 Å². The highest BCUT2D eigenvalue weighted by Gasteiger charge is 2.35. The van der Waals surface area contributed by atoms with Crippen LogP contribution in [-0.2, 0) is 24.1 Å². The summed E-state index contributed by atoms with van der Waals surface area (Å²) < 4.78 is 46.1. The molecule has 0 unspecified atom stereocenters. The molecule has 0 saturated carbocycles. The Morgan fingerprint density at radius 3 is 2.43 bits per heavy atom. The second-order valence-corrected chi connectivity index (χ2v) is 6.96. The Balaban J connectivity index is 1.78. The number of halogens is 4. The number of alkyl halides is 3. The number of rotatable bonds is 7. The van der Waals surface area contributed by atoms with Crippen LogP contribution in [0.25, 0.3) is 11.3 Å². The molecule has 0 saturated heterocycles. The molecule has 3 aromatic rings. The first kappa shape index (κ1) is 22.0. The maximum Gasteiger partial charge on any atom is 0.421 e. The van der Waals surface area contributed by atoms with Crippen molar-refractivity contribution in [1.29, 1.82) is 0 Å². The van der Waals surface area contributed by atoms with Gasteiger partial charge in [0.15, 0.2) is 0 Å². The molecule has 0 aliphatic carbocycles. The first-order valence-corrected chi connectivity index (χ1v) is 9.37. The van der Waals surface area contributed by atoms with Gasteiger partial charge in [0.2, 0.25) is 0 Å². The van der Waals surface area contributed by atoms with Gasteiger partial charge in [-0.25, -0.2) is 4.68 Å². The smallest absolute Gasteiger partial charge is 0.389 e. The van der Waals surface area contributed by atoms with Crippen LogP contribution in [0.2, 0.25) is 5.02 Å². The molecule has 1 atom stereocenters. The van der Waals surface area contributed by atoms with Crippen molar-refractivity contribution in [3.63, 3.8) is 0 Å². The average Bonchev–Trinajstić information content (AvgIpc) is 2.71. The van der Waals surface area contributed by atoms with Crippen LogP contribution in [0.5, 0.6) is 0 Å². The summed E-state index contributed by atoms with van der Waals surface area (Å²) in [6.07, 6.45) is -6.10. The third kappa shape index (κ3) is 5.47. The summed E-state index contributed by atoms with van der Waals surface area (Å²) in [5.74, 6) is 0. The molecule has 30 heavy (non-hydrogen) atoms. The lowest BCUT2D eigenvalue weighted by Crippen LogP contribution is -2.35. The standard InChI is InChI=1S/C21H18ClF3N2O3/c22-18-9-5-4-8-15(18)12-30-13-16(28)11-27-20(29)17(21(23,24)25)10-19(26-27)14-6-2-1-3-7-14/h1-10,16,28H,11-13H2/t16-/m1/s1. The Kier molecular flexibility index (Phi) is 6.91. The van der Waals surface area contributed by atoms with Gasteiger partial charge in [-0.15, -0.1) is 0 Å². The van der Waals surface area contributed by atoms with E-state index in [2.05, 4.69) is 5.10 Å². The van der Waals surface area contributed by atoms with E-state index in [4.69, 9.17) is 16.3 Å². The molecule has 0 bridgehead atoms. The number of ether oxygens (including phenoxy) is 1. The number of aliphatic hydroxyl groups excluding tert-OH is 1. The molecule has 1 N–H and O–H groups in total. The minimum absolute atomic E-state index is 0.0216. The highest BCUT2D eigenvalue weighted by atomic mass is 35.5. The van der Waals surface area contributed by atoms with Crippen molar-refractivity contribution in [2.24, 2.45) is 0 Å². The van der Waals surface area contributed by atoms with Crippen LogP contribution in [0.4, 0.5) is 13.2 Å². The van der Waals surface area contributed by atoms with E-state index in [1.807, 2.05) is 0 Å². The van der Waals surface area contributed by atoms with Gasteiger partial charge in [0, 0.05) is 10.6 Å². The average molecular weight is 439 g/mol. The lowest BCUT2D eigenvalue weighted by Gasteiger charge is -2.16. The molecule has 158 valence electrons. The SMILES string of the molecule is O=c1c(C(F)(F)F)cc(-c2ccccc2)nn1C[C@@H](O)COCc1ccccc1Cl. The van der Waals surface area contributed by atoms with Gasteiger partial charge >= 0.3 is 6.18 Å². The van der Waals surface area contributed by atoms with E-state index >= 15 is 0 Å². The third-order valence-electron chi connectivity index (χ3n) is 4.26. The zero-order chi connectivity index (χ0) is 21.7. The van der Waals surface area contributed by atoms with Crippen molar-refractivity contribution in [3.05, 3.63) is 87.2 Å². The van der Waals surface area contributed by atoms with Crippen LogP contribution in [0.3, 0.4) is 0 Å². The lowest BCUT2D eigenvalue weighted by molar-refractivity contribution is -0.139. The van der Waals surface area contributed by atoms with Crippen molar-refractivity contribution in [2.75, 3.05) is 6.61 Å². The number of benzene rings is 2. The fraction of sp³-hybridized carbons (Fsp3) is 0.238. The summed E-state index contributed by atoms with van der Waals surface area (Å²) in [7, 11) is 0. The summed E-state index contributed by atoms with van der Waals surface area (Å²) >= 11 is 6.02. The van der Waals surface area contributed by atoms with Crippen LogP contribution in [-0.4, -0.2) is 27.6 Å². The van der Waals surface area contributed by atoms with Gasteiger partial charge in [-0.3, -0.25) is 4.79 Å². The Morgan fingerprint density at radius 2 is 1.77 bits per heavy atom. The number of aromatic nitrogens is 2. The van der Waals surface area contributed by atoms with Gasteiger partial charge in [-0.2, -0.15) is 18.3 Å². The van der Waals surface area contributed by atoms with Crippen LogP contribution in [0.15, 0.2) is 65.5 Å². The molecular formula is C21H18ClF3N2O3. The summed E-state index contributed by atoms with van der Waals surface area (Å²) in [4.78, 5) is 12.3. The van der Waals surface area contributed by atoms with Gasteiger partial charge in [0.25, 0.3) is 5.56 Å². The lowest BCUT2D eigenvalue weighted by atomic mass is 10.1. The van der Waals surface area contributed by atoms with Crippen molar-refractivity contribution in [1.82, 2.24) is 9.78 Å². The number of nitrogens with zero attached hydrogens (tertiary/aromatic N) is 2. The Bertz CT molecular complexity index is 1060. The van der Waals surface area contributed by atoms with Crippen LogP contribution in [0.1, 0.15) is 11.1 Å². The molecule has 9 heteroatoms. The van der Waals surface area contributed by atoms with E-state index in [9.17, 15) is 23.1 Å². The zero-order valence-corrected chi connectivity index (χ0v) is 16.4. The maximum absolute atomic E-state index is 13.3. The van der Waals surface area contributed by atoms with Crippen molar-refractivity contribution >= 4 is 11.6 Å². The first-order chi connectivity index (χ1) is 14.3. The fourth-order valence-corrected chi connectivity index (χ4v) is 2.98. The molecule has 0 amide bonds. The molecule has 0 aliphatic rings. The highest BCUT2D eigenvalue weighted by molar-refractivity contribution is 6.31. The van der Waals surface area contributed by atoms with Crippen LogP contribution >= 0.6 is 11.6 Å². The molecule has 2 aromatic carbocycles. The van der Waals surface area contributed by atoms with E-state index in [0.717, 1.165) is 0 Å². The monoisotopic (exact) mass is 438 g/mol. The quantitative estimate of drug-likeness (QED) is 0.601. The third-order valence-corrected chi connectivity index (χ3v) is 4.63. The van der Waals surface area contributed by atoms with E-state index in [0.29, 0.717) is 26.9 Å². The zero-order valence-electron chi connectivity index (χ0n) is 15.6. The molecule has 1 aromatic heterocycles. The fourth-order valence-electron chi connectivity index (χ4n) is 2.79. The summed E-state index contributed by atoms with van der Waals surface area (Å²) in [6, 6.07) is 15.9. The number of hydrogen-bond acceptors (Lipinski definition) is 4. The molecule has 5 nitrogen and oxygen atoms in total. The summed E-state index contributed by atoms with van der Waals surface area (Å²) in [5, 5.41) is 14.7. The van der Waals surface area contributed by atoms with Gasteiger partial charge in [0.1, 0.15) is 5.56 Å². The minimum Gasteiger partial charge on any atom is -0.389 e. The summed E-state index contributed by atoms with van der Waals surface area (Å²) in [6.45, 7) is -0.557. The molecule has 0 aliphatic heterocycles. The topological polar surface area (TPSA) is 64.4 Å². The first-order valence-electron chi connectivity index (χ1n) is 8.99. The van der Waals surface area contributed by atoms with E-state index in [1.165, 1.54) is 0 Å². The molecule has 0 radical (unpaired) electrons. The van der Waals surface area contributed by atoms with Crippen molar-refractivity contribution in [2.45, 2.75) is 25.4 Å². The minimum atomic E-state index is -4.85. The Hall–Kier alpha value is -2.68. The van der Waals surface area contributed by atoms with Crippen molar-refractivity contribution in [3.8, 4) is 11.3 Å². The Labute approximate surface area is 175 Å². The van der Waals surface area contributed by atoms with Gasteiger partial charge in [-0.05, 0) is 17.7 Å². The van der Waals surface area contributed by atoms with Gasteiger partial charge < -0.3 is 9.84 Å². The summed E-state index contributed by atoms with van der Waals surface area (Å²) in [5.41, 5.74) is -1.58. The van der Waals surface area contributed by atoms with E-state index < -0.39 is 29.9 Å². The predicted octanol–water partition coefficient (Wildman–Crippen LogP) is 4.16. The van der Waals surface area contributed by atoms with E-state index in [1.54, 1.807) is 54.6 Å². The van der Waals surface area contributed by atoms with Crippen molar-refractivity contribution < 1.29 is 23.0 Å². The molecule has 0 spiro atoms. The maximum atomic E-state index is 13.3. The highest BCUT2D eigenvalue weighted by Crippen LogP contribution is 2.29.